The van der Waals surface area contributed by atoms with Crippen LogP contribution in [0.2, 0.25) is 0 Å². The van der Waals surface area contributed by atoms with Crippen molar-refractivity contribution in [3.63, 3.8) is 0 Å². The van der Waals surface area contributed by atoms with E-state index in [0.29, 0.717) is 11.4 Å². The summed E-state index contributed by atoms with van der Waals surface area (Å²) < 4.78 is 0.875. The van der Waals surface area contributed by atoms with Gasteiger partial charge in [-0.05, 0) is 61.7 Å². The van der Waals surface area contributed by atoms with Gasteiger partial charge in [0, 0.05) is 15.8 Å². The van der Waals surface area contributed by atoms with Crippen LogP contribution in [-0.4, -0.2) is 11.8 Å². The molecule has 0 fully saturated rings. The van der Waals surface area contributed by atoms with Crippen molar-refractivity contribution in [1.82, 2.24) is 0 Å². The molecule has 0 bridgehead atoms. The van der Waals surface area contributed by atoms with E-state index < -0.39 is 11.8 Å². The Labute approximate surface area is 138 Å². The lowest BCUT2D eigenvalue weighted by Crippen LogP contribution is -2.29. The molecule has 2 aromatic rings. The maximum atomic E-state index is 11.9. The SMILES string of the molecule is Cc1ccc(NC(=O)C(=O)Nc2ccc(C)c(Br)c2)cc1C. The molecule has 0 aromatic heterocycles. The van der Waals surface area contributed by atoms with Gasteiger partial charge in [-0.2, -0.15) is 0 Å². The minimum Gasteiger partial charge on any atom is -0.318 e. The fourth-order valence-corrected chi connectivity index (χ4v) is 2.24. The maximum absolute atomic E-state index is 11.9. The normalized spacial score (nSPS) is 10.2. The molecule has 0 heterocycles. The number of hydrogen-bond donors (Lipinski definition) is 2. The maximum Gasteiger partial charge on any atom is 0.314 e. The lowest BCUT2D eigenvalue weighted by molar-refractivity contribution is -0.132. The van der Waals surface area contributed by atoms with Gasteiger partial charge in [-0.15, -0.1) is 0 Å². The van der Waals surface area contributed by atoms with E-state index in [4.69, 9.17) is 0 Å². The van der Waals surface area contributed by atoms with E-state index in [-0.39, 0.29) is 0 Å². The molecule has 2 aromatic carbocycles. The highest BCUT2D eigenvalue weighted by Gasteiger charge is 2.14. The molecular weight excluding hydrogens is 344 g/mol. The molecule has 0 saturated heterocycles. The molecule has 0 aliphatic heterocycles. The number of halogens is 1. The van der Waals surface area contributed by atoms with Crippen LogP contribution in [0.15, 0.2) is 40.9 Å². The van der Waals surface area contributed by atoms with Crippen LogP contribution in [0.3, 0.4) is 0 Å². The van der Waals surface area contributed by atoms with Crippen LogP contribution in [0.5, 0.6) is 0 Å². The molecule has 114 valence electrons. The summed E-state index contributed by atoms with van der Waals surface area (Å²) in [5.41, 5.74) is 4.41. The van der Waals surface area contributed by atoms with Crippen LogP contribution in [-0.2, 0) is 9.59 Å². The zero-order valence-corrected chi connectivity index (χ0v) is 14.2. The molecule has 4 nitrogen and oxygen atoms in total. The summed E-state index contributed by atoms with van der Waals surface area (Å²) in [5, 5.41) is 5.17. The topological polar surface area (TPSA) is 58.2 Å². The van der Waals surface area contributed by atoms with E-state index in [2.05, 4.69) is 26.6 Å². The van der Waals surface area contributed by atoms with Gasteiger partial charge in [0.05, 0.1) is 0 Å². The molecule has 2 rings (SSSR count). The van der Waals surface area contributed by atoms with Gasteiger partial charge < -0.3 is 10.6 Å². The first-order valence-corrected chi connectivity index (χ1v) is 7.62. The van der Waals surface area contributed by atoms with Crippen molar-refractivity contribution in [3.05, 3.63) is 57.6 Å². The number of hydrogen-bond acceptors (Lipinski definition) is 2. The van der Waals surface area contributed by atoms with Crippen molar-refractivity contribution in [2.75, 3.05) is 10.6 Å². The average Bonchev–Trinajstić information content (AvgIpc) is 2.46. The number of amides is 2. The van der Waals surface area contributed by atoms with Gasteiger partial charge in [0.25, 0.3) is 0 Å². The van der Waals surface area contributed by atoms with Crippen molar-refractivity contribution in [2.45, 2.75) is 20.8 Å². The third-order valence-electron chi connectivity index (χ3n) is 3.40. The second-order valence-electron chi connectivity index (χ2n) is 5.17. The fourth-order valence-electron chi connectivity index (χ4n) is 1.87. The predicted molar refractivity (Wildman–Crippen MR) is 92.1 cm³/mol. The van der Waals surface area contributed by atoms with Gasteiger partial charge in [-0.3, -0.25) is 9.59 Å². The molecule has 2 N–H and O–H groups in total. The number of anilines is 2. The van der Waals surface area contributed by atoms with E-state index in [1.165, 1.54) is 0 Å². The van der Waals surface area contributed by atoms with E-state index in [1.54, 1.807) is 18.2 Å². The summed E-state index contributed by atoms with van der Waals surface area (Å²) in [7, 11) is 0. The molecule has 2 amide bonds. The minimum atomic E-state index is -0.700. The predicted octanol–water partition coefficient (Wildman–Crippen LogP) is 3.95. The Bertz CT molecular complexity index is 678. The quantitative estimate of drug-likeness (QED) is 0.796. The zero-order valence-electron chi connectivity index (χ0n) is 12.7. The summed E-state index contributed by atoms with van der Waals surface area (Å²) in [5.74, 6) is -1.39. The highest BCUT2D eigenvalue weighted by Crippen LogP contribution is 2.20. The molecule has 0 unspecified atom stereocenters. The van der Waals surface area contributed by atoms with Gasteiger partial charge in [-0.1, -0.05) is 28.1 Å². The number of aryl methyl sites for hydroxylation is 3. The average molecular weight is 361 g/mol. The Morgan fingerprint density at radius 3 is 1.77 bits per heavy atom. The Morgan fingerprint density at radius 1 is 0.773 bits per heavy atom. The molecule has 22 heavy (non-hydrogen) atoms. The molecule has 0 aliphatic carbocycles. The molecule has 0 spiro atoms. The number of carbonyl (C=O) groups excluding carboxylic acids is 2. The molecule has 5 heteroatoms. The van der Waals surface area contributed by atoms with Crippen LogP contribution in [0.4, 0.5) is 11.4 Å². The Morgan fingerprint density at radius 2 is 1.27 bits per heavy atom. The molecule has 0 aliphatic rings. The van der Waals surface area contributed by atoms with Crippen LogP contribution in [0, 0.1) is 20.8 Å². The van der Waals surface area contributed by atoms with Crippen molar-refractivity contribution < 1.29 is 9.59 Å². The smallest absolute Gasteiger partial charge is 0.314 e. The van der Waals surface area contributed by atoms with Gasteiger partial charge in [0.2, 0.25) is 0 Å². The van der Waals surface area contributed by atoms with Gasteiger partial charge in [0.1, 0.15) is 0 Å². The number of nitrogens with one attached hydrogen (secondary N) is 2. The minimum absolute atomic E-state index is 0.567. The highest BCUT2D eigenvalue weighted by molar-refractivity contribution is 9.10. The third kappa shape index (κ3) is 3.95. The summed E-state index contributed by atoms with van der Waals surface area (Å²) in [4.78, 5) is 23.9. The van der Waals surface area contributed by atoms with Crippen molar-refractivity contribution >= 4 is 39.1 Å². The number of rotatable bonds is 2. The van der Waals surface area contributed by atoms with Gasteiger partial charge in [-0.25, -0.2) is 0 Å². The van der Waals surface area contributed by atoms with E-state index >= 15 is 0 Å². The van der Waals surface area contributed by atoms with E-state index in [0.717, 1.165) is 21.2 Å². The summed E-state index contributed by atoms with van der Waals surface area (Å²) in [6.07, 6.45) is 0. The summed E-state index contributed by atoms with van der Waals surface area (Å²) in [6.45, 7) is 5.89. The lowest BCUT2D eigenvalue weighted by atomic mass is 10.1. The summed E-state index contributed by atoms with van der Waals surface area (Å²) >= 11 is 3.39. The highest BCUT2D eigenvalue weighted by atomic mass is 79.9. The van der Waals surface area contributed by atoms with E-state index in [9.17, 15) is 9.59 Å². The Balaban J connectivity index is 2.04. The Kier molecular flexibility index (Phi) is 4.98. The number of benzene rings is 2. The van der Waals surface area contributed by atoms with Crippen LogP contribution in [0.1, 0.15) is 16.7 Å². The van der Waals surface area contributed by atoms with Crippen molar-refractivity contribution in [2.24, 2.45) is 0 Å². The molecule has 0 atom stereocenters. The second kappa shape index (κ2) is 6.75. The van der Waals surface area contributed by atoms with Gasteiger partial charge >= 0.3 is 11.8 Å². The first kappa shape index (κ1) is 16.2. The first-order valence-electron chi connectivity index (χ1n) is 6.82. The van der Waals surface area contributed by atoms with Crippen LogP contribution in [0.25, 0.3) is 0 Å². The van der Waals surface area contributed by atoms with Gasteiger partial charge in [0.15, 0.2) is 0 Å². The van der Waals surface area contributed by atoms with E-state index in [1.807, 2.05) is 39.0 Å². The Hall–Kier alpha value is -2.14. The van der Waals surface area contributed by atoms with Crippen molar-refractivity contribution in [1.29, 1.82) is 0 Å². The summed E-state index contributed by atoms with van der Waals surface area (Å²) in [6, 6.07) is 10.9. The number of carbonyl (C=O) groups is 2. The monoisotopic (exact) mass is 360 g/mol. The van der Waals surface area contributed by atoms with Crippen LogP contribution < -0.4 is 10.6 Å². The lowest BCUT2D eigenvalue weighted by Gasteiger charge is -2.09. The van der Waals surface area contributed by atoms with Crippen molar-refractivity contribution in [3.8, 4) is 0 Å². The first-order chi connectivity index (χ1) is 10.4. The molecule has 0 saturated carbocycles. The standard InChI is InChI=1S/C17H17BrN2O2/c1-10-4-6-13(8-12(10)3)19-16(21)17(22)20-14-7-5-11(2)15(18)9-14/h4-9H,1-3H3,(H,19,21)(H,20,22). The van der Waals surface area contributed by atoms with Crippen LogP contribution >= 0.6 is 15.9 Å². The fraction of sp³-hybridized carbons (Fsp3) is 0.176. The second-order valence-corrected chi connectivity index (χ2v) is 6.03. The largest absolute Gasteiger partial charge is 0.318 e. The molecular formula is C17H17BrN2O2. The molecule has 0 radical (unpaired) electrons. The third-order valence-corrected chi connectivity index (χ3v) is 4.26. The zero-order chi connectivity index (χ0) is 16.3.